The van der Waals surface area contributed by atoms with Gasteiger partial charge >= 0.3 is 0 Å². The second-order valence-electron chi connectivity index (χ2n) is 3.64. The van der Waals surface area contributed by atoms with E-state index < -0.39 is 10.0 Å². The molecule has 0 spiro atoms. The van der Waals surface area contributed by atoms with Crippen molar-refractivity contribution in [1.82, 2.24) is 4.72 Å². The van der Waals surface area contributed by atoms with Gasteiger partial charge in [-0.15, -0.1) is 0 Å². The minimum atomic E-state index is -3.22. The first-order chi connectivity index (χ1) is 7.89. The molecule has 1 aromatic rings. The van der Waals surface area contributed by atoms with E-state index in [0.717, 1.165) is 11.1 Å². The second kappa shape index (κ2) is 5.71. The van der Waals surface area contributed by atoms with E-state index in [0.29, 0.717) is 10.8 Å². The fraction of sp³-hybridized carbons (Fsp3) is 0.455. The average Bonchev–Trinajstić information content (AvgIpc) is 2.26. The van der Waals surface area contributed by atoms with Gasteiger partial charge in [0.15, 0.2) is 0 Å². The molecule has 1 N–H and O–H groups in total. The van der Waals surface area contributed by atoms with Gasteiger partial charge in [0.25, 0.3) is 0 Å². The predicted octanol–water partition coefficient (Wildman–Crippen LogP) is 2.10. The number of aryl methyl sites for hydroxylation is 1. The summed E-state index contributed by atoms with van der Waals surface area (Å²) in [5.74, 6) is 0.711. The molecule has 0 radical (unpaired) electrons. The highest BCUT2D eigenvalue weighted by Crippen LogP contribution is 2.27. The van der Waals surface area contributed by atoms with Crippen molar-refractivity contribution in [3.8, 4) is 5.75 Å². The molecule has 4 nitrogen and oxygen atoms in total. The third kappa shape index (κ3) is 3.87. The number of halogens is 1. The summed E-state index contributed by atoms with van der Waals surface area (Å²) in [5, 5.41) is 0.564. The number of methoxy groups -OCH3 is 1. The molecule has 0 heterocycles. The normalized spacial score (nSPS) is 11.5. The van der Waals surface area contributed by atoms with E-state index in [1.807, 2.05) is 6.92 Å². The minimum Gasteiger partial charge on any atom is -0.496 e. The molecule has 0 amide bonds. The van der Waals surface area contributed by atoms with Crippen LogP contribution in [-0.4, -0.2) is 21.3 Å². The third-order valence-corrected chi connectivity index (χ3v) is 3.95. The number of hydrogen-bond acceptors (Lipinski definition) is 3. The quantitative estimate of drug-likeness (QED) is 0.897. The van der Waals surface area contributed by atoms with Crippen LogP contribution in [0.1, 0.15) is 18.1 Å². The molecule has 0 saturated carbocycles. The maximum Gasteiger partial charge on any atom is 0.211 e. The van der Waals surface area contributed by atoms with Gasteiger partial charge in [-0.05, 0) is 31.5 Å². The first kappa shape index (κ1) is 14.3. The molecule has 1 rings (SSSR count). The first-order valence-corrected chi connectivity index (χ1v) is 7.23. The van der Waals surface area contributed by atoms with Crippen LogP contribution in [0.4, 0.5) is 0 Å². The van der Waals surface area contributed by atoms with Gasteiger partial charge in [0.05, 0.1) is 12.9 Å². The van der Waals surface area contributed by atoms with Crippen molar-refractivity contribution in [1.29, 1.82) is 0 Å². The molecule has 0 fully saturated rings. The van der Waals surface area contributed by atoms with Gasteiger partial charge in [-0.2, -0.15) is 0 Å². The Labute approximate surface area is 107 Å². The minimum absolute atomic E-state index is 0.0505. The SMILES string of the molecule is CCS(=O)(=O)NCc1cc(Cl)cc(C)c1OC. The Kier molecular flexibility index (Phi) is 4.80. The van der Waals surface area contributed by atoms with Crippen molar-refractivity contribution in [2.75, 3.05) is 12.9 Å². The number of ether oxygens (including phenoxy) is 1. The number of nitrogens with one attached hydrogen (secondary N) is 1. The smallest absolute Gasteiger partial charge is 0.211 e. The van der Waals surface area contributed by atoms with Crippen LogP contribution in [0.3, 0.4) is 0 Å². The zero-order chi connectivity index (χ0) is 13.1. The van der Waals surface area contributed by atoms with Gasteiger partial charge < -0.3 is 4.74 Å². The van der Waals surface area contributed by atoms with E-state index in [9.17, 15) is 8.42 Å². The van der Waals surface area contributed by atoms with Crippen LogP contribution in [0.15, 0.2) is 12.1 Å². The number of rotatable bonds is 5. The monoisotopic (exact) mass is 277 g/mol. The van der Waals surface area contributed by atoms with Crippen LogP contribution < -0.4 is 9.46 Å². The number of benzene rings is 1. The van der Waals surface area contributed by atoms with Gasteiger partial charge in [0.1, 0.15) is 5.75 Å². The lowest BCUT2D eigenvalue weighted by molar-refractivity contribution is 0.406. The van der Waals surface area contributed by atoms with Crippen LogP contribution in [0, 0.1) is 6.92 Å². The molecule has 96 valence electrons. The van der Waals surface area contributed by atoms with E-state index in [4.69, 9.17) is 16.3 Å². The Hall–Kier alpha value is -0.780. The molecule has 6 heteroatoms. The van der Waals surface area contributed by atoms with Crippen LogP contribution in [-0.2, 0) is 16.6 Å². The maximum atomic E-state index is 11.4. The summed E-state index contributed by atoms with van der Waals surface area (Å²) in [6.07, 6.45) is 0. The fourth-order valence-electron chi connectivity index (χ4n) is 1.51. The highest BCUT2D eigenvalue weighted by Gasteiger charge is 2.11. The van der Waals surface area contributed by atoms with Crippen molar-refractivity contribution >= 4 is 21.6 Å². The van der Waals surface area contributed by atoms with Gasteiger partial charge in [0, 0.05) is 17.1 Å². The molecule has 0 aliphatic rings. The largest absolute Gasteiger partial charge is 0.496 e. The van der Waals surface area contributed by atoms with Crippen LogP contribution in [0.25, 0.3) is 0 Å². The van der Waals surface area contributed by atoms with Crippen molar-refractivity contribution < 1.29 is 13.2 Å². The molecule has 0 bridgehead atoms. The third-order valence-electron chi connectivity index (χ3n) is 2.38. The van der Waals surface area contributed by atoms with E-state index in [1.165, 1.54) is 0 Å². The molecule has 0 aliphatic heterocycles. The Morgan fingerprint density at radius 3 is 2.59 bits per heavy atom. The van der Waals surface area contributed by atoms with E-state index in [1.54, 1.807) is 26.2 Å². The molecule has 0 unspecified atom stereocenters. The zero-order valence-electron chi connectivity index (χ0n) is 10.1. The lowest BCUT2D eigenvalue weighted by Crippen LogP contribution is -2.25. The van der Waals surface area contributed by atoms with Gasteiger partial charge in [-0.25, -0.2) is 13.1 Å². The maximum absolute atomic E-state index is 11.4. The Balaban J connectivity index is 2.98. The Morgan fingerprint density at radius 1 is 1.41 bits per heavy atom. The molecular formula is C11H16ClNO3S. The highest BCUT2D eigenvalue weighted by atomic mass is 35.5. The standard InChI is InChI=1S/C11H16ClNO3S/c1-4-17(14,15)13-7-9-6-10(12)5-8(2)11(9)16-3/h5-6,13H,4,7H2,1-3H3. The summed E-state index contributed by atoms with van der Waals surface area (Å²) in [5.41, 5.74) is 1.61. The number of sulfonamides is 1. The molecule has 0 aliphatic carbocycles. The Morgan fingerprint density at radius 2 is 2.06 bits per heavy atom. The topological polar surface area (TPSA) is 55.4 Å². The number of hydrogen-bond donors (Lipinski definition) is 1. The average molecular weight is 278 g/mol. The van der Waals surface area contributed by atoms with Crippen LogP contribution in [0.2, 0.25) is 5.02 Å². The summed E-state index contributed by atoms with van der Waals surface area (Å²) in [6.45, 7) is 3.63. The molecule has 17 heavy (non-hydrogen) atoms. The summed E-state index contributed by atoms with van der Waals surface area (Å²) < 4.78 is 30.4. The predicted molar refractivity (Wildman–Crippen MR) is 69.0 cm³/mol. The van der Waals surface area contributed by atoms with Crippen molar-refractivity contribution in [3.63, 3.8) is 0 Å². The highest BCUT2D eigenvalue weighted by molar-refractivity contribution is 7.89. The molecule has 0 aromatic heterocycles. The summed E-state index contributed by atoms with van der Waals surface area (Å²) in [7, 11) is -1.67. The van der Waals surface area contributed by atoms with Crippen LogP contribution >= 0.6 is 11.6 Å². The zero-order valence-corrected chi connectivity index (χ0v) is 11.7. The van der Waals surface area contributed by atoms with E-state index in [-0.39, 0.29) is 12.3 Å². The lowest BCUT2D eigenvalue weighted by atomic mass is 10.1. The second-order valence-corrected chi connectivity index (χ2v) is 6.17. The van der Waals surface area contributed by atoms with Crippen molar-refractivity contribution in [2.24, 2.45) is 0 Å². The summed E-state index contributed by atoms with van der Waals surface area (Å²) in [4.78, 5) is 0. The van der Waals surface area contributed by atoms with Gasteiger partial charge in [-0.3, -0.25) is 0 Å². The molecule has 0 atom stereocenters. The Bertz CT molecular complexity index is 500. The first-order valence-electron chi connectivity index (χ1n) is 5.20. The lowest BCUT2D eigenvalue weighted by Gasteiger charge is -2.12. The van der Waals surface area contributed by atoms with Crippen LogP contribution in [0.5, 0.6) is 5.75 Å². The van der Waals surface area contributed by atoms with Crippen molar-refractivity contribution in [2.45, 2.75) is 20.4 Å². The van der Waals surface area contributed by atoms with Gasteiger partial charge in [0.2, 0.25) is 10.0 Å². The van der Waals surface area contributed by atoms with E-state index in [2.05, 4.69) is 4.72 Å². The molecular weight excluding hydrogens is 262 g/mol. The molecule has 0 saturated heterocycles. The summed E-state index contributed by atoms with van der Waals surface area (Å²) >= 11 is 5.93. The summed E-state index contributed by atoms with van der Waals surface area (Å²) in [6, 6.07) is 3.48. The molecule has 1 aromatic carbocycles. The van der Waals surface area contributed by atoms with E-state index >= 15 is 0 Å². The fourth-order valence-corrected chi connectivity index (χ4v) is 2.39. The van der Waals surface area contributed by atoms with Crippen molar-refractivity contribution in [3.05, 3.63) is 28.3 Å². The van der Waals surface area contributed by atoms with Gasteiger partial charge in [-0.1, -0.05) is 11.6 Å².